The van der Waals surface area contributed by atoms with E-state index in [0.29, 0.717) is 6.73 Å². The lowest BCUT2D eigenvalue weighted by molar-refractivity contribution is 0.202. The van der Waals surface area contributed by atoms with Crippen molar-refractivity contribution in [3.05, 3.63) is 29.3 Å². The molecule has 72 valence electrons. The van der Waals surface area contributed by atoms with Crippen LogP contribution in [0.3, 0.4) is 0 Å². The van der Waals surface area contributed by atoms with Crippen LogP contribution in [-0.2, 0) is 4.74 Å². The van der Waals surface area contributed by atoms with Gasteiger partial charge in [-0.2, -0.15) is 0 Å². The highest BCUT2D eigenvalue weighted by molar-refractivity contribution is 5.49. The van der Waals surface area contributed by atoms with Crippen LogP contribution < -0.4 is 4.90 Å². The number of nitrogens with zero attached hydrogens (tertiary/aromatic N) is 1. The maximum atomic E-state index is 5.05. The molecule has 0 aliphatic carbocycles. The second-order valence-electron chi connectivity index (χ2n) is 3.38. The normalized spacial score (nSPS) is 10.2. The molecule has 0 aliphatic heterocycles. The summed E-state index contributed by atoms with van der Waals surface area (Å²) in [5.74, 6) is 0. The van der Waals surface area contributed by atoms with Gasteiger partial charge in [0, 0.05) is 19.8 Å². The van der Waals surface area contributed by atoms with Gasteiger partial charge in [0.15, 0.2) is 0 Å². The van der Waals surface area contributed by atoms with Gasteiger partial charge in [-0.05, 0) is 37.1 Å². The van der Waals surface area contributed by atoms with Gasteiger partial charge in [0.05, 0.1) is 0 Å². The number of benzene rings is 1. The molecule has 0 fully saturated rings. The lowest BCUT2D eigenvalue weighted by Gasteiger charge is -2.18. The molecule has 2 nitrogen and oxygen atoms in total. The van der Waals surface area contributed by atoms with Gasteiger partial charge in [0.2, 0.25) is 0 Å². The largest absolute Gasteiger partial charge is 0.364 e. The summed E-state index contributed by atoms with van der Waals surface area (Å²) in [6.45, 7) is 4.87. The second-order valence-corrected chi connectivity index (χ2v) is 3.38. The summed E-state index contributed by atoms with van der Waals surface area (Å²) in [6, 6.07) is 6.42. The molecule has 0 saturated carbocycles. The first kappa shape index (κ1) is 10.1. The summed E-state index contributed by atoms with van der Waals surface area (Å²) in [5, 5.41) is 0. The number of rotatable bonds is 3. The quantitative estimate of drug-likeness (QED) is 0.660. The van der Waals surface area contributed by atoms with E-state index in [1.807, 2.05) is 7.05 Å². The van der Waals surface area contributed by atoms with Crippen LogP contribution in [0.5, 0.6) is 0 Å². The highest BCUT2D eigenvalue weighted by atomic mass is 16.5. The lowest BCUT2D eigenvalue weighted by atomic mass is 10.1. The molecule has 0 radical (unpaired) electrons. The second kappa shape index (κ2) is 4.28. The van der Waals surface area contributed by atoms with Crippen molar-refractivity contribution in [1.29, 1.82) is 0 Å². The van der Waals surface area contributed by atoms with Crippen LogP contribution >= 0.6 is 0 Å². The highest BCUT2D eigenvalue weighted by Crippen LogP contribution is 2.17. The summed E-state index contributed by atoms with van der Waals surface area (Å²) in [5.41, 5.74) is 3.85. The number of hydrogen-bond acceptors (Lipinski definition) is 2. The van der Waals surface area contributed by atoms with Crippen molar-refractivity contribution >= 4 is 5.69 Å². The number of aryl methyl sites for hydroxylation is 2. The van der Waals surface area contributed by atoms with E-state index in [0.717, 1.165) is 0 Å². The van der Waals surface area contributed by atoms with Gasteiger partial charge in [-0.15, -0.1) is 0 Å². The third kappa shape index (κ3) is 2.46. The van der Waals surface area contributed by atoms with Crippen LogP contribution in [0, 0.1) is 13.8 Å². The summed E-state index contributed by atoms with van der Waals surface area (Å²) in [6.07, 6.45) is 0. The summed E-state index contributed by atoms with van der Waals surface area (Å²) in [4.78, 5) is 2.08. The molecule has 1 rings (SSSR count). The third-order valence-corrected chi connectivity index (χ3v) is 2.25. The lowest BCUT2D eigenvalue weighted by Crippen LogP contribution is -2.19. The predicted molar refractivity (Wildman–Crippen MR) is 56.2 cm³/mol. The molecule has 13 heavy (non-hydrogen) atoms. The van der Waals surface area contributed by atoms with Gasteiger partial charge >= 0.3 is 0 Å². The van der Waals surface area contributed by atoms with E-state index in [2.05, 4.69) is 36.9 Å². The van der Waals surface area contributed by atoms with Crippen molar-refractivity contribution in [2.24, 2.45) is 0 Å². The van der Waals surface area contributed by atoms with Gasteiger partial charge in [0.1, 0.15) is 6.73 Å². The smallest absolute Gasteiger partial charge is 0.118 e. The topological polar surface area (TPSA) is 12.5 Å². The molecular formula is C11H17NO. The molecule has 1 aromatic carbocycles. The Morgan fingerprint density at radius 1 is 1.23 bits per heavy atom. The molecule has 2 heteroatoms. The minimum atomic E-state index is 0.627. The summed E-state index contributed by atoms with van der Waals surface area (Å²) < 4.78 is 5.05. The van der Waals surface area contributed by atoms with Gasteiger partial charge in [-0.3, -0.25) is 0 Å². The Morgan fingerprint density at radius 2 is 1.92 bits per heavy atom. The van der Waals surface area contributed by atoms with Crippen LogP contribution in [0.4, 0.5) is 5.69 Å². The number of methoxy groups -OCH3 is 1. The van der Waals surface area contributed by atoms with Crippen LogP contribution in [-0.4, -0.2) is 20.9 Å². The number of ether oxygens (including phenoxy) is 1. The molecular weight excluding hydrogens is 162 g/mol. The Bertz CT molecular complexity index is 283. The molecule has 0 N–H and O–H groups in total. The Hall–Kier alpha value is -1.02. The molecule has 0 aliphatic rings. The van der Waals surface area contributed by atoms with Crippen LogP contribution in [0.15, 0.2) is 18.2 Å². The highest BCUT2D eigenvalue weighted by Gasteiger charge is 2.00. The van der Waals surface area contributed by atoms with Crippen molar-refractivity contribution in [3.63, 3.8) is 0 Å². The number of hydrogen-bond donors (Lipinski definition) is 0. The zero-order chi connectivity index (χ0) is 9.84. The first-order chi connectivity index (χ1) is 6.15. The van der Waals surface area contributed by atoms with E-state index in [1.54, 1.807) is 7.11 Å². The first-order valence-electron chi connectivity index (χ1n) is 4.42. The minimum absolute atomic E-state index is 0.627. The molecule has 0 amide bonds. The fourth-order valence-corrected chi connectivity index (χ4v) is 1.23. The van der Waals surface area contributed by atoms with E-state index >= 15 is 0 Å². The molecule has 0 spiro atoms. The van der Waals surface area contributed by atoms with Crippen molar-refractivity contribution in [1.82, 2.24) is 0 Å². The first-order valence-corrected chi connectivity index (χ1v) is 4.42. The molecule has 0 saturated heterocycles. The molecule has 1 aromatic rings. The third-order valence-electron chi connectivity index (χ3n) is 2.25. The maximum absolute atomic E-state index is 5.05. The van der Waals surface area contributed by atoms with E-state index < -0.39 is 0 Å². The van der Waals surface area contributed by atoms with E-state index in [-0.39, 0.29) is 0 Å². The number of anilines is 1. The average molecular weight is 179 g/mol. The fraction of sp³-hybridized carbons (Fsp3) is 0.455. The fourth-order valence-electron chi connectivity index (χ4n) is 1.23. The molecule has 0 bridgehead atoms. The molecule has 0 aromatic heterocycles. The van der Waals surface area contributed by atoms with Crippen LogP contribution in [0.25, 0.3) is 0 Å². The SMILES string of the molecule is COCN(C)c1ccc(C)c(C)c1. The van der Waals surface area contributed by atoms with E-state index in [1.165, 1.54) is 16.8 Å². The predicted octanol–water partition coefficient (Wildman–Crippen LogP) is 2.34. The summed E-state index contributed by atoms with van der Waals surface area (Å²) in [7, 11) is 3.73. The van der Waals surface area contributed by atoms with Crippen molar-refractivity contribution in [3.8, 4) is 0 Å². The zero-order valence-electron chi connectivity index (χ0n) is 8.79. The van der Waals surface area contributed by atoms with Crippen LogP contribution in [0.2, 0.25) is 0 Å². The molecule has 0 heterocycles. The van der Waals surface area contributed by atoms with Crippen molar-refractivity contribution in [2.45, 2.75) is 13.8 Å². The Labute approximate surface area is 80.1 Å². The molecule has 0 unspecified atom stereocenters. The minimum Gasteiger partial charge on any atom is -0.364 e. The average Bonchev–Trinajstić information content (AvgIpc) is 2.10. The Kier molecular flexibility index (Phi) is 3.32. The van der Waals surface area contributed by atoms with Gasteiger partial charge in [-0.1, -0.05) is 6.07 Å². The maximum Gasteiger partial charge on any atom is 0.118 e. The van der Waals surface area contributed by atoms with E-state index in [4.69, 9.17) is 4.74 Å². The Morgan fingerprint density at radius 3 is 2.46 bits per heavy atom. The van der Waals surface area contributed by atoms with Crippen LogP contribution in [0.1, 0.15) is 11.1 Å². The summed E-state index contributed by atoms with van der Waals surface area (Å²) >= 11 is 0. The molecule has 0 atom stereocenters. The van der Waals surface area contributed by atoms with Crippen molar-refractivity contribution in [2.75, 3.05) is 25.8 Å². The van der Waals surface area contributed by atoms with Gasteiger partial charge in [0.25, 0.3) is 0 Å². The van der Waals surface area contributed by atoms with Crippen molar-refractivity contribution < 1.29 is 4.74 Å². The van der Waals surface area contributed by atoms with Gasteiger partial charge in [-0.25, -0.2) is 0 Å². The standard InChI is InChI=1S/C11H17NO/c1-9-5-6-11(7-10(9)2)12(3)8-13-4/h5-7H,8H2,1-4H3. The Balaban J connectivity index is 2.84. The van der Waals surface area contributed by atoms with E-state index in [9.17, 15) is 0 Å². The monoisotopic (exact) mass is 179 g/mol. The van der Waals surface area contributed by atoms with Gasteiger partial charge < -0.3 is 9.64 Å². The zero-order valence-corrected chi connectivity index (χ0v) is 8.79.